The number of nitrogens with one attached hydrogen (secondary N) is 2. The zero-order valence-electron chi connectivity index (χ0n) is 16.7. The van der Waals surface area contributed by atoms with Crippen LogP contribution in [0.1, 0.15) is 30.5 Å². The molecule has 1 saturated heterocycles. The molecule has 1 fully saturated rings. The molecule has 2 aromatic heterocycles. The van der Waals surface area contributed by atoms with Gasteiger partial charge in [0.1, 0.15) is 11.6 Å². The minimum Gasteiger partial charge on any atom is -0.508 e. The smallest absolute Gasteiger partial charge is 0.227 e. The quantitative estimate of drug-likeness (QED) is 0.627. The summed E-state index contributed by atoms with van der Waals surface area (Å²) in [6.07, 6.45) is 4.16. The summed E-state index contributed by atoms with van der Waals surface area (Å²) in [5.74, 6) is 1.90. The van der Waals surface area contributed by atoms with E-state index in [0.29, 0.717) is 12.0 Å². The molecular weight excluding hydrogens is 366 g/mol. The van der Waals surface area contributed by atoms with Crippen molar-refractivity contribution in [3.05, 3.63) is 35.5 Å². The van der Waals surface area contributed by atoms with Crippen LogP contribution in [0.3, 0.4) is 0 Å². The van der Waals surface area contributed by atoms with Gasteiger partial charge in [-0.3, -0.25) is 5.10 Å². The Kier molecular flexibility index (Phi) is 4.71. The molecule has 0 bridgehead atoms. The van der Waals surface area contributed by atoms with Crippen LogP contribution in [0, 0.1) is 0 Å². The zero-order valence-corrected chi connectivity index (χ0v) is 16.7. The maximum Gasteiger partial charge on any atom is 0.227 e. The van der Waals surface area contributed by atoms with Crippen molar-refractivity contribution in [2.75, 3.05) is 36.9 Å². The lowest BCUT2D eigenvalue weighted by Gasteiger charge is -2.30. The van der Waals surface area contributed by atoms with Gasteiger partial charge in [0.15, 0.2) is 5.65 Å². The minimum atomic E-state index is 0.288. The van der Waals surface area contributed by atoms with Gasteiger partial charge in [-0.2, -0.15) is 15.1 Å². The summed E-state index contributed by atoms with van der Waals surface area (Å²) in [5.41, 5.74) is 3.00. The van der Waals surface area contributed by atoms with E-state index in [1.54, 1.807) is 12.1 Å². The van der Waals surface area contributed by atoms with Crippen molar-refractivity contribution in [1.82, 2.24) is 25.1 Å². The van der Waals surface area contributed by atoms with E-state index in [0.717, 1.165) is 80.0 Å². The molecule has 0 amide bonds. The van der Waals surface area contributed by atoms with Gasteiger partial charge in [0, 0.05) is 24.8 Å². The van der Waals surface area contributed by atoms with Gasteiger partial charge in [-0.25, -0.2) is 0 Å². The van der Waals surface area contributed by atoms with E-state index in [-0.39, 0.29) is 5.75 Å². The standard InChI is InChI=1S/C21H27N7O/c1-27-11-8-15(9-12-27)22-21-23-19-18-17(25-26-19)3-2-10-28(20(18)24-21)13-14-4-6-16(29)7-5-14/h4-7,15,29H,2-3,8-13H2,1H3,(H2,22,23,24,25,26). The minimum absolute atomic E-state index is 0.288. The van der Waals surface area contributed by atoms with Gasteiger partial charge in [-0.1, -0.05) is 12.1 Å². The second-order valence-corrected chi connectivity index (χ2v) is 8.19. The maximum absolute atomic E-state index is 9.58. The number of likely N-dealkylation sites (tertiary alicyclic amines) is 1. The first-order chi connectivity index (χ1) is 14.2. The molecule has 0 saturated carbocycles. The molecule has 0 radical (unpaired) electrons. The first-order valence-corrected chi connectivity index (χ1v) is 10.4. The fourth-order valence-electron chi connectivity index (χ4n) is 4.30. The molecule has 3 aromatic rings. The summed E-state index contributed by atoms with van der Waals surface area (Å²) in [6.45, 7) is 3.84. The Bertz CT molecular complexity index is 992. The molecule has 0 atom stereocenters. The molecule has 152 valence electrons. The molecule has 8 heteroatoms. The Morgan fingerprint density at radius 3 is 2.72 bits per heavy atom. The van der Waals surface area contributed by atoms with Gasteiger partial charge < -0.3 is 20.2 Å². The van der Waals surface area contributed by atoms with Crippen molar-refractivity contribution in [1.29, 1.82) is 0 Å². The number of aromatic nitrogens is 4. The average molecular weight is 393 g/mol. The Morgan fingerprint density at radius 1 is 1.14 bits per heavy atom. The number of nitrogens with zero attached hydrogens (tertiary/aromatic N) is 5. The largest absolute Gasteiger partial charge is 0.508 e. The van der Waals surface area contributed by atoms with Crippen LogP contribution in [0.4, 0.5) is 11.8 Å². The van der Waals surface area contributed by atoms with E-state index in [4.69, 9.17) is 9.97 Å². The third kappa shape index (κ3) is 3.72. The van der Waals surface area contributed by atoms with Crippen molar-refractivity contribution >= 4 is 22.8 Å². The molecule has 3 N–H and O–H groups in total. The fraction of sp³-hybridized carbons (Fsp3) is 0.476. The van der Waals surface area contributed by atoms with E-state index in [2.05, 4.69) is 32.4 Å². The molecule has 2 aliphatic rings. The molecule has 29 heavy (non-hydrogen) atoms. The Morgan fingerprint density at radius 2 is 1.93 bits per heavy atom. The van der Waals surface area contributed by atoms with Gasteiger partial charge in [0.2, 0.25) is 5.95 Å². The van der Waals surface area contributed by atoms with Crippen molar-refractivity contribution in [3.8, 4) is 5.75 Å². The summed E-state index contributed by atoms with van der Waals surface area (Å²) in [7, 11) is 2.17. The molecule has 4 heterocycles. The summed E-state index contributed by atoms with van der Waals surface area (Å²) in [5, 5.41) is 21.8. The third-order valence-corrected chi connectivity index (χ3v) is 5.99. The van der Waals surface area contributed by atoms with Crippen LogP contribution in [0.25, 0.3) is 11.0 Å². The van der Waals surface area contributed by atoms with Crippen LogP contribution in [-0.4, -0.2) is 62.9 Å². The Labute approximate surface area is 170 Å². The van der Waals surface area contributed by atoms with E-state index in [9.17, 15) is 5.11 Å². The highest BCUT2D eigenvalue weighted by Gasteiger charge is 2.24. The highest BCUT2D eigenvalue weighted by Crippen LogP contribution is 2.32. The second kappa shape index (κ2) is 7.51. The fourth-order valence-corrected chi connectivity index (χ4v) is 4.30. The summed E-state index contributed by atoms with van der Waals surface area (Å²) in [6, 6.07) is 7.79. The van der Waals surface area contributed by atoms with Crippen molar-refractivity contribution in [3.63, 3.8) is 0 Å². The number of hydrogen-bond donors (Lipinski definition) is 3. The SMILES string of the molecule is CN1CCC(Nc2nc3c4c([nH]nc4n2)CCCN3Cc2ccc(O)cc2)CC1. The van der Waals surface area contributed by atoms with Crippen LogP contribution in [0.15, 0.2) is 24.3 Å². The number of rotatable bonds is 4. The molecule has 5 rings (SSSR count). The Hall–Kier alpha value is -2.87. The maximum atomic E-state index is 9.58. The van der Waals surface area contributed by atoms with Crippen LogP contribution < -0.4 is 10.2 Å². The van der Waals surface area contributed by atoms with Gasteiger partial charge >= 0.3 is 0 Å². The number of phenolic OH excluding ortho intramolecular Hbond substituents is 1. The van der Waals surface area contributed by atoms with E-state index < -0.39 is 0 Å². The van der Waals surface area contributed by atoms with Crippen LogP contribution >= 0.6 is 0 Å². The highest BCUT2D eigenvalue weighted by molar-refractivity contribution is 5.91. The normalized spacial score (nSPS) is 18.2. The first kappa shape index (κ1) is 18.2. The molecule has 1 aromatic carbocycles. The molecular formula is C21H27N7O. The van der Waals surface area contributed by atoms with E-state index in [1.165, 1.54) is 0 Å². The van der Waals surface area contributed by atoms with Gasteiger partial charge in [0.05, 0.1) is 5.39 Å². The monoisotopic (exact) mass is 393 g/mol. The topological polar surface area (TPSA) is 93.2 Å². The van der Waals surface area contributed by atoms with Crippen LogP contribution in [0.2, 0.25) is 0 Å². The molecule has 0 aliphatic carbocycles. The van der Waals surface area contributed by atoms with Crippen molar-refractivity contribution in [2.24, 2.45) is 0 Å². The van der Waals surface area contributed by atoms with E-state index >= 15 is 0 Å². The van der Waals surface area contributed by atoms with Crippen molar-refractivity contribution in [2.45, 2.75) is 38.3 Å². The summed E-state index contributed by atoms with van der Waals surface area (Å²) in [4.78, 5) is 14.3. The van der Waals surface area contributed by atoms with Crippen molar-refractivity contribution < 1.29 is 5.11 Å². The number of aromatic amines is 1. The molecule has 0 spiro atoms. The number of piperidine rings is 1. The number of benzene rings is 1. The summed E-state index contributed by atoms with van der Waals surface area (Å²) >= 11 is 0. The number of phenols is 1. The molecule has 0 unspecified atom stereocenters. The predicted molar refractivity (Wildman–Crippen MR) is 113 cm³/mol. The number of H-pyrrole nitrogens is 1. The zero-order chi connectivity index (χ0) is 19.8. The first-order valence-electron chi connectivity index (χ1n) is 10.4. The van der Waals surface area contributed by atoms with Crippen LogP contribution in [-0.2, 0) is 13.0 Å². The number of hydrogen-bond acceptors (Lipinski definition) is 7. The second-order valence-electron chi connectivity index (χ2n) is 8.19. The third-order valence-electron chi connectivity index (χ3n) is 5.99. The average Bonchev–Trinajstić information content (AvgIpc) is 3.04. The number of aryl methyl sites for hydroxylation is 1. The van der Waals surface area contributed by atoms with Gasteiger partial charge in [-0.15, -0.1) is 0 Å². The number of aromatic hydroxyl groups is 1. The lowest BCUT2D eigenvalue weighted by molar-refractivity contribution is 0.263. The van der Waals surface area contributed by atoms with E-state index in [1.807, 2.05) is 12.1 Å². The lowest BCUT2D eigenvalue weighted by atomic mass is 10.1. The Balaban J connectivity index is 1.47. The number of anilines is 2. The highest BCUT2D eigenvalue weighted by atomic mass is 16.3. The molecule has 2 aliphatic heterocycles. The predicted octanol–water partition coefficient (Wildman–Crippen LogP) is 2.52. The van der Waals surface area contributed by atoms with Gasteiger partial charge in [0.25, 0.3) is 0 Å². The lowest BCUT2D eigenvalue weighted by Crippen LogP contribution is -2.37. The molecule has 8 nitrogen and oxygen atoms in total. The van der Waals surface area contributed by atoms with Gasteiger partial charge in [-0.05, 0) is 63.5 Å². The summed E-state index contributed by atoms with van der Waals surface area (Å²) < 4.78 is 0. The van der Waals surface area contributed by atoms with Crippen LogP contribution in [0.5, 0.6) is 5.75 Å².